The summed E-state index contributed by atoms with van der Waals surface area (Å²) in [6.45, 7) is 6.52. The minimum Gasteiger partial charge on any atom is -0.457 e. The number of para-hydroxylation sites is 1. The highest BCUT2D eigenvalue weighted by atomic mass is 79.9. The predicted molar refractivity (Wildman–Crippen MR) is 120 cm³/mol. The number of halogens is 3. The summed E-state index contributed by atoms with van der Waals surface area (Å²) in [6, 6.07) is 24.7. The van der Waals surface area contributed by atoms with Gasteiger partial charge < -0.3 is 9.47 Å². The van der Waals surface area contributed by atoms with E-state index in [1.54, 1.807) is 12.1 Å². The molecule has 0 aliphatic rings. The molecule has 0 fully saturated rings. The van der Waals surface area contributed by atoms with Gasteiger partial charge >= 0.3 is 5.02 Å². The second-order valence-electron chi connectivity index (χ2n) is 7.96. The number of hydrogen-bond donors (Lipinski definition) is 0. The maximum absolute atomic E-state index is 13.0. The summed E-state index contributed by atoms with van der Waals surface area (Å²) < 4.78 is 36.4. The fraction of sp³-hybridized carbons (Fsp3) is 0.280. The van der Waals surface area contributed by atoms with Crippen molar-refractivity contribution in [3.8, 4) is 17.2 Å². The molecule has 3 aromatic carbocycles. The SMILES string of the molecule is CC(Cc1cccc(Oc2ccccc2)c1)C(C)(C)c1ccc(OC(F)(F)Br)cc1. The molecule has 1 atom stereocenters. The molecule has 3 aromatic rings. The lowest BCUT2D eigenvalue weighted by Gasteiger charge is -2.33. The van der Waals surface area contributed by atoms with Crippen LogP contribution in [0.2, 0.25) is 0 Å². The normalized spacial score (nSPS) is 13.0. The van der Waals surface area contributed by atoms with Crippen LogP contribution >= 0.6 is 15.9 Å². The van der Waals surface area contributed by atoms with Crippen LogP contribution < -0.4 is 9.47 Å². The summed E-state index contributed by atoms with van der Waals surface area (Å²) >= 11 is 2.19. The number of rotatable bonds is 8. The van der Waals surface area contributed by atoms with Gasteiger partial charge in [-0.2, -0.15) is 8.78 Å². The van der Waals surface area contributed by atoms with Crippen molar-refractivity contribution in [1.82, 2.24) is 0 Å². The number of benzene rings is 3. The smallest absolute Gasteiger partial charge is 0.457 e. The summed E-state index contributed by atoms with van der Waals surface area (Å²) in [5.74, 6) is 2.03. The highest BCUT2D eigenvalue weighted by Crippen LogP contribution is 2.36. The molecular weight excluding hydrogens is 450 g/mol. The van der Waals surface area contributed by atoms with E-state index in [9.17, 15) is 8.78 Å². The van der Waals surface area contributed by atoms with E-state index in [0.29, 0.717) is 5.92 Å². The van der Waals surface area contributed by atoms with Gasteiger partial charge in [-0.05, 0) is 65.3 Å². The lowest BCUT2D eigenvalue weighted by Crippen LogP contribution is -2.28. The van der Waals surface area contributed by atoms with Crippen molar-refractivity contribution in [3.05, 3.63) is 90.0 Å². The molecule has 0 radical (unpaired) electrons. The minimum atomic E-state index is -3.37. The van der Waals surface area contributed by atoms with E-state index < -0.39 is 5.02 Å². The number of alkyl halides is 3. The Morgan fingerprint density at radius 3 is 2.10 bits per heavy atom. The minimum absolute atomic E-state index is 0.120. The Morgan fingerprint density at radius 1 is 0.833 bits per heavy atom. The van der Waals surface area contributed by atoms with Gasteiger partial charge in [0.15, 0.2) is 0 Å². The van der Waals surface area contributed by atoms with E-state index in [2.05, 4.69) is 53.6 Å². The first-order valence-electron chi connectivity index (χ1n) is 9.81. The third-order valence-corrected chi connectivity index (χ3v) is 5.65. The van der Waals surface area contributed by atoms with E-state index in [1.807, 2.05) is 54.6 Å². The molecule has 30 heavy (non-hydrogen) atoms. The quantitative estimate of drug-likeness (QED) is 0.308. The fourth-order valence-electron chi connectivity index (χ4n) is 3.34. The molecule has 0 amide bonds. The zero-order valence-corrected chi connectivity index (χ0v) is 18.8. The molecule has 5 heteroatoms. The van der Waals surface area contributed by atoms with E-state index in [0.717, 1.165) is 23.5 Å². The van der Waals surface area contributed by atoms with Crippen LogP contribution in [-0.2, 0) is 11.8 Å². The molecule has 0 saturated heterocycles. The Morgan fingerprint density at radius 2 is 1.47 bits per heavy atom. The lowest BCUT2D eigenvalue weighted by molar-refractivity contribution is -0.0803. The van der Waals surface area contributed by atoms with Gasteiger partial charge in [0.25, 0.3) is 0 Å². The molecule has 0 aromatic heterocycles. The maximum atomic E-state index is 13.0. The van der Waals surface area contributed by atoms with Crippen LogP contribution in [0.5, 0.6) is 17.2 Å². The average molecular weight is 475 g/mol. The molecule has 0 aliphatic carbocycles. The van der Waals surface area contributed by atoms with Crippen LogP contribution in [0.1, 0.15) is 31.9 Å². The van der Waals surface area contributed by atoms with Crippen molar-refractivity contribution in [2.75, 3.05) is 0 Å². The van der Waals surface area contributed by atoms with Crippen molar-refractivity contribution >= 4 is 15.9 Å². The van der Waals surface area contributed by atoms with Crippen LogP contribution in [0.3, 0.4) is 0 Å². The van der Waals surface area contributed by atoms with Crippen LogP contribution in [0.4, 0.5) is 8.78 Å². The number of hydrogen-bond acceptors (Lipinski definition) is 2. The molecule has 158 valence electrons. The van der Waals surface area contributed by atoms with Crippen molar-refractivity contribution in [2.45, 2.75) is 37.6 Å². The van der Waals surface area contributed by atoms with Gasteiger partial charge in [-0.25, -0.2) is 0 Å². The molecule has 0 saturated carbocycles. The monoisotopic (exact) mass is 474 g/mol. The van der Waals surface area contributed by atoms with Crippen LogP contribution in [-0.4, -0.2) is 5.02 Å². The Kier molecular flexibility index (Phi) is 6.81. The van der Waals surface area contributed by atoms with E-state index in [4.69, 9.17) is 4.74 Å². The zero-order valence-electron chi connectivity index (χ0n) is 17.2. The van der Waals surface area contributed by atoms with Gasteiger partial charge in [0.05, 0.1) is 0 Å². The highest BCUT2D eigenvalue weighted by Gasteiger charge is 2.29. The first kappa shape index (κ1) is 22.3. The molecule has 0 N–H and O–H groups in total. The zero-order chi connectivity index (χ0) is 21.8. The van der Waals surface area contributed by atoms with Crippen molar-refractivity contribution in [1.29, 1.82) is 0 Å². The molecule has 3 rings (SSSR count). The van der Waals surface area contributed by atoms with Gasteiger partial charge in [-0.15, -0.1) is 0 Å². The summed E-state index contributed by atoms with van der Waals surface area (Å²) in [5.41, 5.74) is 2.09. The number of ether oxygens (including phenoxy) is 2. The van der Waals surface area contributed by atoms with Crippen LogP contribution in [0.25, 0.3) is 0 Å². The summed E-state index contributed by atoms with van der Waals surface area (Å²) in [7, 11) is 0. The third kappa shape index (κ3) is 6.05. The average Bonchev–Trinajstić information content (AvgIpc) is 2.68. The molecule has 0 aliphatic heterocycles. The highest BCUT2D eigenvalue weighted by molar-refractivity contribution is 9.09. The molecule has 1 unspecified atom stereocenters. The summed E-state index contributed by atoms with van der Waals surface area (Å²) in [6.07, 6.45) is 0.858. The van der Waals surface area contributed by atoms with E-state index in [-0.39, 0.29) is 11.2 Å². The van der Waals surface area contributed by atoms with Crippen molar-refractivity contribution < 1.29 is 18.3 Å². The van der Waals surface area contributed by atoms with Gasteiger partial charge in [0, 0.05) is 15.9 Å². The Labute approximate surface area is 185 Å². The maximum Gasteiger partial charge on any atom is 0.459 e. The van der Waals surface area contributed by atoms with Crippen LogP contribution in [0.15, 0.2) is 78.9 Å². The van der Waals surface area contributed by atoms with Gasteiger partial charge in [0.2, 0.25) is 0 Å². The summed E-state index contributed by atoms with van der Waals surface area (Å²) in [5, 5.41) is -3.37. The van der Waals surface area contributed by atoms with E-state index >= 15 is 0 Å². The fourth-order valence-corrected chi connectivity index (χ4v) is 3.53. The molecule has 2 nitrogen and oxygen atoms in total. The second kappa shape index (κ2) is 9.17. The van der Waals surface area contributed by atoms with Crippen LogP contribution in [0, 0.1) is 5.92 Å². The summed E-state index contributed by atoms with van der Waals surface area (Å²) in [4.78, 5) is 0. The Balaban J connectivity index is 1.70. The standard InChI is InChI=1S/C25H25BrF2O2/c1-18(24(2,3)20-12-14-22(15-13-20)30-25(26,27)28)16-19-8-7-11-23(17-19)29-21-9-5-4-6-10-21/h4-15,17-18H,16H2,1-3H3. The van der Waals surface area contributed by atoms with Gasteiger partial charge in [-0.3, -0.25) is 0 Å². The molecule has 0 spiro atoms. The van der Waals surface area contributed by atoms with E-state index in [1.165, 1.54) is 5.56 Å². The lowest BCUT2D eigenvalue weighted by atomic mass is 9.72. The Hall–Kier alpha value is -2.40. The Bertz CT molecular complexity index is 951. The molecular formula is C25H25BrF2O2. The topological polar surface area (TPSA) is 18.5 Å². The third-order valence-electron chi connectivity index (χ3n) is 5.48. The molecule has 0 bridgehead atoms. The van der Waals surface area contributed by atoms with Gasteiger partial charge in [0.1, 0.15) is 17.2 Å². The second-order valence-corrected chi connectivity index (χ2v) is 8.88. The van der Waals surface area contributed by atoms with Crippen molar-refractivity contribution in [3.63, 3.8) is 0 Å². The first-order valence-corrected chi connectivity index (χ1v) is 10.6. The largest absolute Gasteiger partial charge is 0.459 e. The predicted octanol–water partition coefficient (Wildman–Crippen LogP) is 7.96. The molecule has 0 heterocycles. The first-order chi connectivity index (χ1) is 14.1. The van der Waals surface area contributed by atoms with Crippen molar-refractivity contribution in [2.24, 2.45) is 5.92 Å². The van der Waals surface area contributed by atoms with Gasteiger partial charge in [-0.1, -0.05) is 63.2 Å².